The van der Waals surface area contributed by atoms with Gasteiger partial charge in [0.1, 0.15) is 5.15 Å². The van der Waals surface area contributed by atoms with Crippen molar-refractivity contribution in [3.8, 4) is 0 Å². The number of pyridine rings is 1. The molecule has 0 radical (unpaired) electrons. The van der Waals surface area contributed by atoms with Gasteiger partial charge in [-0.25, -0.2) is 4.98 Å². The molecule has 0 aliphatic carbocycles. The van der Waals surface area contributed by atoms with Gasteiger partial charge in [-0.1, -0.05) is 11.6 Å². The summed E-state index contributed by atoms with van der Waals surface area (Å²) < 4.78 is 0. The second-order valence-corrected chi connectivity index (χ2v) is 4.67. The van der Waals surface area contributed by atoms with Gasteiger partial charge in [0, 0.05) is 31.5 Å². The number of likely N-dealkylation sites (tertiary alicyclic amines) is 1. The van der Waals surface area contributed by atoms with Crippen molar-refractivity contribution >= 4 is 17.5 Å². The van der Waals surface area contributed by atoms with Crippen molar-refractivity contribution in [1.29, 1.82) is 0 Å². The SMILES string of the molecule is O=C(c1ccnc(Cl)c1)N1CCC(CCO)C1. The molecule has 1 atom stereocenters. The van der Waals surface area contributed by atoms with Crippen LogP contribution in [0.2, 0.25) is 5.15 Å². The third kappa shape index (κ3) is 2.96. The lowest BCUT2D eigenvalue weighted by molar-refractivity contribution is 0.0784. The van der Waals surface area contributed by atoms with E-state index in [1.807, 2.05) is 4.90 Å². The number of rotatable bonds is 3. The topological polar surface area (TPSA) is 53.4 Å². The van der Waals surface area contributed by atoms with E-state index in [-0.39, 0.29) is 12.5 Å². The zero-order valence-corrected chi connectivity index (χ0v) is 10.2. The summed E-state index contributed by atoms with van der Waals surface area (Å²) >= 11 is 5.76. The molecule has 1 unspecified atom stereocenters. The molecule has 2 heterocycles. The molecule has 2 rings (SSSR count). The Balaban J connectivity index is 2.02. The molecule has 0 saturated carbocycles. The molecule has 1 aliphatic rings. The molecule has 1 saturated heterocycles. The molecule has 1 amide bonds. The lowest BCUT2D eigenvalue weighted by Crippen LogP contribution is -2.28. The number of carbonyl (C=O) groups is 1. The van der Waals surface area contributed by atoms with Crippen molar-refractivity contribution in [3.63, 3.8) is 0 Å². The zero-order valence-electron chi connectivity index (χ0n) is 9.47. The number of aliphatic hydroxyl groups is 1. The van der Waals surface area contributed by atoms with Crippen molar-refractivity contribution < 1.29 is 9.90 Å². The van der Waals surface area contributed by atoms with Crippen LogP contribution in [0.4, 0.5) is 0 Å². The molecule has 0 bridgehead atoms. The molecule has 1 aromatic heterocycles. The van der Waals surface area contributed by atoms with E-state index in [0.29, 0.717) is 16.6 Å². The third-order valence-corrected chi connectivity index (χ3v) is 3.29. The molecule has 4 nitrogen and oxygen atoms in total. The van der Waals surface area contributed by atoms with E-state index >= 15 is 0 Å². The predicted molar refractivity (Wildman–Crippen MR) is 65.0 cm³/mol. The molecular weight excluding hydrogens is 240 g/mol. The second-order valence-electron chi connectivity index (χ2n) is 4.29. The van der Waals surface area contributed by atoms with Crippen LogP contribution in [0.15, 0.2) is 18.3 Å². The molecule has 1 N–H and O–H groups in total. The van der Waals surface area contributed by atoms with Gasteiger partial charge in [0.15, 0.2) is 0 Å². The minimum Gasteiger partial charge on any atom is -0.396 e. The van der Waals surface area contributed by atoms with E-state index < -0.39 is 0 Å². The number of hydrogen-bond acceptors (Lipinski definition) is 3. The van der Waals surface area contributed by atoms with Crippen LogP contribution in [0.25, 0.3) is 0 Å². The van der Waals surface area contributed by atoms with Crippen LogP contribution in [0.1, 0.15) is 23.2 Å². The van der Waals surface area contributed by atoms with E-state index in [4.69, 9.17) is 16.7 Å². The maximum absolute atomic E-state index is 12.1. The molecule has 17 heavy (non-hydrogen) atoms. The number of aromatic nitrogens is 1. The monoisotopic (exact) mass is 254 g/mol. The highest BCUT2D eigenvalue weighted by molar-refractivity contribution is 6.29. The Morgan fingerprint density at radius 1 is 1.65 bits per heavy atom. The molecule has 92 valence electrons. The van der Waals surface area contributed by atoms with Gasteiger partial charge in [-0.3, -0.25) is 4.79 Å². The average molecular weight is 255 g/mol. The number of amides is 1. The number of carbonyl (C=O) groups excluding carboxylic acids is 1. The summed E-state index contributed by atoms with van der Waals surface area (Å²) in [4.78, 5) is 17.8. The van der Waals surface area contributed by atoms with Gasteiger partial charge < -0.3 is 10.0 Å². The summed E-state index contributed by atoms with van der Waals surface area (Å²) in [5.74, 6) is 0.413. The maximum atomic E-state index is 12.1. The van der Waals surface area contributed by atoms with Crippen LogP contribution in [-0.4, -0.2) is 40.6 Å². The first-order valence-electron chi connectivity index (χ1n) is 5.72. The molecule has 1 aromatic rings. The molecular formula is C12H15ClN2O2. The summed E-state index contributed by atoms with van der Waals surface area (Å²) in [6, 6.07) is 3.26. The minimum absolute atomic E-state index is 0.00487. The summed E-state index contributed by atoms with van der Waals surface area (Å²) in [7, 11) is 0. The lowest BCUT2D eigenvalue weighted by Gasteiger charge is -2.16. The fourth-order valence-corrected chi connectivity index (χ4v) is 2.33. The first-order chi connectivity index (χ1) is 8.20. The van der Waals surface area contributed by atoms with Crippen LogP contribution in [-0.2, 0) is 0 Å². The molecule has 1 aliphatic heterocycles. The van der Waals surface area contributed by atoms with Gasteiger partial charge in [-0.05, 0) is 30.9 Å². The minimum atomic E-state index is -0.00487. The van der Waals surface area contributed by atoms with Gasteiger partial charge in [0.2, 0.25) is 0 Å². The fourth-order valence-electron chi connectivity index (χ4n) is 2.15. The Hall–Kier alpha value is -1.13. The van der Waals surface area contributed by atoms with Crippen molar-refractivity contribution in [2.75, 3.05) is 19.7 Å². The predicted octanol–water partition coefficient (Wildman–Crippen LogP) is 1.58. The summed E-state index contributed by atoms with van der Waals surface area (Å²) in [6.07, 6.45) is 3.27. The first kappa shape index (κ1) is 12.3. The standard InChI is InChI=1S/C12H15ClN2O2/c13-11-7-10(1-4-14-11)12(17)15-5-2-9(8-15)3-6-16/h1,4,7,9,16H,2-3,5-6,8H2. The van der Waals surface area contributed by atoms with Crippen LogP contribution in [0, 0.1) is 5.92 Å². The molecule has 5 heteroatoms. The Morgan fingerprint density at radius 2 is 2.47 bits per heavy atom. The maximum Gasteiger partial charge on any atom is 0.254 e. The molecule has 1 fully saturated rings. The number of halogens is 1. The van der Waals surface area contributed by atoms with Crippen LogP contribution < -0.4 is 0 Å². The number of nitrogens with zero attached hydrogens (tertiary/aromatic N) is 2. The Kier molecular flexibility index (Phi) is 3.97. The van der Waals surface area contributed by atoms with Crippen molar-refractivity contribution in [2.24, 2.45) is 5.92 Å². The van der Waals surface area contributed by atoms with Crippen molar-refractivity contribution in [3.05, 3.63) is 29.0 Å². The van der Waals surface area contributed by atoms with Crippen LogP contribution >= 0.6 is 11.6 Å². The van der Waals surface area contributed by atoms with Gasteiger partial charge >= 0.3 is 0 Å². The Labute approximate surface area is 105 Å². The van der Waals surface area contributed by atoms with E-state index in [9.17, 15) is 4.79 Å². The lowest BCUT2D eigenvalue weighted by atomic mass is 10.1. The highest BCUT2D eigenvalue weighted by atomic mass is 35.5. The van der Waals surface area contributed by atoms with Crippen molar-refractivity contribution in [1.82, 2.24) is 9.88 Å². The zero-order chi connectivity index (χ0) is 12.3. The van der Waals surface area contributed by atoms with Crippen molar-refractivity contribution in [2.45, 2.75) is 12.8 Å². The van der Waals surface area contributed by atoms with E-state index in [2.05, 4.69) is 4.98 Å². The number of hydrogen-bond donors (Lipinski definition) is 1. The van der Waals surface area contributed by atoms with Gasteiger partial charge in [0.25, 0.3) is 5.91 Å². The fraction of sp³-hybridized carbons (Fsp3) is 0.500. The van der Waals surface area contributed by atoms with Gasteiger partial charge in [0.05, 0.1) is 0 Å². The number of aliphatic hydroxyl groups excluding tert-OH is 1. The van der Waals surface area contributed by atoms with Gasteiger partial charge in [-0.15, -0.1) is 0 Å². The second kappa shape index (κ2) is 5.47. The highest BCUT2D eigenvalue weighted by Gasteiger charge is 2.26. The van der Waals surface area contributed by atoms with E-state index in [0.717, 1.165) is 25.9 Å². The van der Waals surface area contributed by atoms with Gasteiger partial charge in [-0.2, -0.15) is 0 Å². The smallest absolute Gasteiger partial charge is 0.254 e. The van der Waals surface area contributed by atoms with Crippen LogP contribution in [0.3, 0.4) is 0 Å². The summed E-state index contributed by atoms with van der Waals surface area (Å²) in [6.45, 7) is 1.66. The molecule has 0 spiro atoms. The average Bonchev–Trinajstić information content (AvgIpc) is 2.77. The summed E-state index contributed by atoms with van der Waals surface area (Å²) in [5, 5.41) is 9.21. The third-order valence-electron chi connectivity index (χ3n) is 3.08. The summed E-state index contributed by atoms with van der Waals surface area (Å²) in [5.41, 5.74) is 0.578. The van der Waals surface area contributed by atoms with Crippen LogP contribution in [0.5, 0.6) is 0 Å². The highest BCUT2D eigenvalue weighted by Crippen LogP contribution is 2.21. The Morgan fingerprint density at radius 3 is 3.18 bits per heavy atom. The quantitative estimate of drug-likeness (QED) is 0.834. The van der Waals surface area contributed by atoms with E-state index in [1.54, 1.807) is 12.1 Å². The Bertz CT molecular complexity index is 411. The largest absolute Gasteiger partial charge is 0.396 e. The normalized spacial score (nSPS) is 19.6. The van der Waals surface area contributed by atoms with E-state index in [1.165, 1.54) is 6.20 Å². The first-order valence-corrected chi connectivity index (χ1v) is 6.10. The molecule has 0 aromatic carbocycles.